The number of fused-ring (bicyclic) bond motifs is 2. The van der Waals surface area contributed by atoms with Gasteiger partial charge >= 0.3 is 0 Å². The molecule has 1 amide bonds. The second kappa shape index (κ2) is 3.48. The first-order valence-corrected chi connectivity index (χ1v) is 5.84. The number of carbonyl (C=O) groups excluding carboxylic acids is 1. The van der Waals surface area contributed by atoms with E-state index in [0.717, 1.165) is 25.7 Å². The van der Waals surface area contributed by atoms with Crippen LogP contribution in [0.4, 0.5) is 0 Å². The van der Waals surface area contributed by atoms with Gasteiger partial charge in [-0.25, -0.2) is 0 Å². The SMILES string of the molecule is NC(=O)C1CCC2=C(Cc3ccccc32)C1. The van der Waals surface area contributed by atoms with Gasteiger partial charge in [0.25, 0.3) is 0 Å². The number of carbonyl (C=O) groups is 1. The Balaban J connectivity index is 1.94. The van der Waals surface area contributed by atoms with E-state index < -0.39 is 0 Å². The third kappa shape index (κ3) is 1.37. The zero-order valence-corrected chi connectivity index (χ0v) is 9.20. The molecule has 0 radical (unpaired) electrons. The van der Waals surface area contributed by atoms with E-state index >= 15 is 0 Å². The fourth-order valence-corrected chi connectivity index (χ4v) is 2.96. The molecular formula is C14H15NO. The molecular weight excluding hydrogens is 198 g/mol. The molecule has 1 aromatic rings. The summed E-state index contributed by atoms with van der Waals surface area (Å²) < 4.78 is 0. The molecule has 2 heteroatoms. The zero-order valence-electron chi connectivity index (χ0n) is 9.20. The van der Waals surface area contributed by atoms with Crippen LogP contribution in [0, 0.1) is 5.92 Å². The van der Waals surface area contributed by atoms with Gasteiger partial charge in [-0.3, -0.25) is 4.79 Å². The third-order valence-electron chi connectivity index (χ3n) is 3.81. The minimum atomic E-state index is -0.137. The van der Waals surface area contributed by atoms with Crippen molar-refractivity contribution < 1.29 is 4.79 Å². The van der Waals surface area contributed by atoms with Crippen LogP contribution in [0.3, 0.4) is 0 Å². The van der Waals surface area contributed by atoms with Crippen molar-refractivity contribution in [2.75, 3.05) is 0 Å². The van der Waals surface area contributed by atoms with Gasteiger partial charge in [0.2, 0.25) is 5.91 Å². The molecule has 0 heterocycles. The number of rotatable bonds is 1. The lowest BCUT2D eigenvalue weighted by Crippen LogP contribution is -2.25. The second-order valence-corrected chi connectivity index (χ2v) is 4.76. The Kier molecular flexibility index (Phi) is 2.10. The maximum absolute atomic E-state index is 11.2. The Labute approximate surface area is 95.2 Å². The summed E-state index contributed by atoms with van der Waals surface area (Å²) in [6.45, 7) is 0. The van der Waals surface area contributed by atoms with Gasteiger partial charge in [0.15, 0.2) is 0 Å². The highest BCUT2D eigenvalue weighted by Crippen LogP contribution is 2.43. The highest BCUT2D eigenvalue weighted by Gasteiger charge is 2.29. The van der Waals surface area contributed by atoms with Crippen LogP contribution in [-0.2, 0) is 11.2 Å². The van der Waals surface area contributed by atoms with Crippen molar-refractivity contribution in [3.63, 3.8) is 0 Å². The maximum atomic E-state index is 11.2. The van der Waals surface area contributed by atoms with Crippen molar-refractivity contribution in [3.8, 4) is 0 Å². The van der Waals surface area contributed by atoms with Gasteiger partial charge in [0.05, 0.1) is 0 Å². The van der Waals surface area contributed by atoms with Crippen LogP contribution in [0.2, 0.25) is 0 Å². The number of primary amides is 1. The number of hydrogen-bond donors (Lipinski definition) is 1. The molecule has 1 atom stereocenters. The first-order chi connectivity index (χ1) is 7.75. The summed E-state index contributed by atoms with van der Waals surface area (Å²) in [5.41, 5.74) is 11.1. The van der Waals surface area contributed by atoms with Gasteiger partial charge in [-0.2, -0.15) is 0 Å². The van der Waals surface area contributed by atoms with Crippen LogP contribution in [0.5, 0.6) is 0 Å². The third-order valence-corrected chi connectivity index (χ3v) is 3.81. The van der Waals surface area contributed by atoms with Crippen LogP contribution in [0.15, 0.2) is 29.8 Å². The van der Waals surface area contributed by atoms with Gasteiger partial charge in [0, 0.05) is 5.92 Å². The smallest absolute Gasteiger partial charge is 0.220 e. The number of hydrogen-bond acceptors (Lipinski definition) is 1. The fourth-order valence-electron chi connectivity index (χ4n) is 2.96. The van der Waals surface area contributed by atoms with Crippen LogP contribution >= 0.6 is 0 Å². The van der Waals surface area contributed by atoms with Crippen LogP contribution in [0.1, 0.15) is 30.4 Å². The molecule has 0 bridgehead atoms. The molecule has 0 saturated heterocycles. The molecule has 2 N–H and O–H groups in total. The summed E-state index contributed by atoms with van der Waals surface area (Å²) >= 11 is 0. The van der Waals surface area contributed by atoms with E-state index in [1.807, 2.05) is 0 Å². The maximum Gasteiger partial charge on any atom is 0.220 e. The van der Waals surface area contributed by atoms with Gasteiger partial charge in [0.1, 0.15) is 0 Å². The predicted molar refractivity (Wildman–Crippen MR) is 63.6 cm³/mol. The summed E-state index contributed by atoms with van der Waals surface area (Å²) in [6.07, 6.45) is 3.83. The van der Waals surface area contributed by atoms with Crippen molar-refractivity contribution >= 4 is 11.5 Å². The van der Waals surface area contributed by atoms with Crippen molar-refractivity contribution in [1.82, 2.24) is 0 Å². The second-order valence-electron chi connectivity index (χ2n) is 4.76. The highest BCUT2D eigenvalue weighted by molar-refractivity contribution is 5.82. The molecule has 0 aromatic heterocycles. The Morgan fingerprint density at radius 2 is 2.12 bits per heavy atom. The van der Waals surface area contributed by atoms with Crippen molar-refractivity contribution in [2.24, 2.45) is 11.7 Å². The van der Waals surface area contributed by atoms with Gasteiger partial charge in [-0.1, -0.05) is 29.8 Å². The van der Waals surface area contributed by atoms with Crippen molar-refractivity contribution in [3.05, 3.63) is 41.0 Å². The summed E-state index contributed by atoms with van der Waals surface area (Å²) in [6, 6.07) is 8.56. The molecule has 16 heavy (non-hydrogen) atoms. The summed E-state index contributed by atoms with van der Waals surface area (Å²) in [5, 5.41) is 0. The Morgan fingerprint density at radius 1 is 1.31 bits per heavy atom. The molecule has 3 rings (SSSR count). The van der Waals surface area contributed by atoms with Crippen LogP contribution < -0.4 is 5.73 Å². The van der Waals surface area contributed by atoms with E-state index in [1.165, 1.54) is 22.3 Å². The summed E-state index contributed by atoms with van der Waals surface area (Å²) in [4.78, 5) is 11.2. The number of allylic oxidation sites excluding steroid dienone is 2. The van der Waals surface area contributed by atoms with E-state index in [9.17, 15) is 4.79 Å². The van der Waals surface area contributed by atoms with E-state index in [2.05, 4.69) is 24.3 Å². The Morgan fingerprint density at radius 3 is 2.94 bits per heavy atom. The monoisotopic (exact) mass is 213 g/mol. The summed E-state index contributed by atoms with van der Waals surface area (Å²) in [5.74, 6) is -0.0735. The lowest BCUT2D eigenvalue weighted by molar-refractivity contribution is -0.122. The van der Waals surface area contributed by atoms with Gasteiger partial charge in [-0.15, -0.1) is 0 Å². The van der Waals surface area contributed by atoms with E-state index in [-0.39, 0.29) is 11.8 Å². The Bertz CT molecular complexity index is 487. The molecule has 0 aliphatic heterocycles. The zero-order chi connectivity index (χ0) is 11.1. The standard InChI is InChI=1S/C14H15NO/c15-14(16)10-5-6-13-11(8-10)7-9-3-1-2-4-12(9)13/h1-4,10H,5-8H2,(H2,15,16). The molecule has 0 spiro atoms. The minimum Gasteiger partial charge on any atom is -0.369 e. The Hall–Kier alpha value is -1.57. The number of amides is 1. The van der Waals surface area contributed by atoms with Crippen molar-refractivity contribution in [2.45, 2.75) is 25.7 Å². The van der Waals surface area contributed by atoms with Crippen LogP contribution in [-0.4, -0.2) is 5.91 Å². The largest absolute Gasteiger partial charge is 0.369 e. The predicted octanol–water partition coefficient (Wildman–Crippen LogP) is 2.28. The van der Waals surface area contributed by atoms with Gasteiger partial charge < -0.3 is 5.73 Å². The normalized spacial score (nSPS) is 22.9. The first kappa shape index (κ1) is 9.64. The van der Waals surface area contributed by atoms with E-state index in [0.29, 0.717) is 0 Å². The number of benzene rings is 1. The fraction of sp³-hybridized carbons (Fsp3) is 0.357. The quantitative estimate of drug-likeness (QED) is 0.764. The average molecular weight is 213 g/mol. The van der Waals surface area contributed by atoms with E-state index in [1.54, 1.807) is 0 Å². The van der Waals surface area contributed by atoms with Crippen LogP contribution in [0.25, 0.3) is 5.57 Å². The molecule has 2 nitrogen and oxygen atoms in total. The topological polar surface area (TPSA) is 43.1 Å². The minimum absolute atomic E-state index is 0.0630. The highest BCUT2D eigenvalue weighted by atomic mass is 16.1. The number of nitrogens with two attached hydrogens (primary N) is 1. The average Bonchev–Trinajstić information content (AvgIpc) is 2.66. The molecule has 0 fully saturated rings. The van der Waals surface area contributed by atoms with Crippen molar-refractivity contribution in [1.29, 1.82) is 0 Å². The molecule has 2 aliphatic carbocycles. The molecule has 1 aromatic carbocycles. The molecule has 0 saturated carbocycles. The summed E-state index contributed by atoms with van der Waals surface area (Å²) in [7, 11) is 0. The first-order valence-electron chi connectivity index (χ1n) is 5.84. The molecule has 1 unspecified atom stereocenters. The van der Waals surface area contributed by atoms with E-state index in [4.69, 9.17) is 5.73 Å². The van der Waals surface area contributed by atoms with Gasteiger partial charge in [-0.05, 0) is 42.4 Å². The molecule has 82 valence electrons. The molecule has 2 aliphatic rings. The lowest BCUT2D eigenvalue weighted by Gasteiger charge is -2.21. The lowest BCUT2D eigenvalue weighted by atomic mass is 9.84.